The van der Waals surface area contributed by atoms with Crippen LogP contribution in [0.25, 0.3) is 0 Å². The number of benzene rings is 1. The Labute approximate surface area is 111 Å². The summed E-state index contributed by atoms with van der Waals surface area (Å²) in [5.41, 5.74) is -0.183. The first-order valence-electron chi connectivity index (χ1n) is 6.41. The van der Waals surface area contributed by atoms with Gasteiger partial charge in [-0.3, -0.25) is 0 Å². The molecule has 0 saturated carbocycles. The highest BCUT2D eigenvalue weighted by Gasteiger charge is 2.26. The average Bonchev–Trinajstić information content (AvgIpc) is 2.88. The summed E-state index contributed by atoms with van der Waals surface area (Å²) in [5, 5.41) is 11.5. The summed E-state index contributed by atoms with van der Waals surface area (Å²) in [7, 11) is 0. The second kappa shape index (κ2) is 5.98. The van der Waals surface area contributed by atoms with E-state index in [1.807, 2.05) is 6.92 Å². The molecule has 2 atom stereocenters. The van der Waals surface area contributed by atoms with Gasteiger partial charge < -0.3 is 10.1 Å². The normalized spacial score (nSPS) is 22.2. The highest BCUT2D eigenvalue weighted by Crippen LogP contribution is 2.25. The van der Waals surface area contributed by atoms with E-state index in [2.05, 4.69) is 5.32 Å². The van der Waals surface area contributed by atoms with E-state index in [4.69, 9.17) is 10.00 Å². The zero-order valence-corrected chi connectivity index (χ0v) is 10.7. The fourth-order valence-corrected chi connectivity index (χ4v) is 2.39. The first-order chi connectivity index (χ1) is 9.17. The topological polar surface area (TPSA) is 45.0 Å². The van der Waals surface area contributed by atoms with E-state index in [0.717, 1.165) is 19.4 Å². The van der Waals surface area contributed by atoms with Gasteiger partial charge in [-0.1, -0.05) is 6.92 Å². The van der Waals surface area contributed by atoms with Crippen molar-refractivity contribution >= 4 is 5.69 Å². The third kappa shape index (κ3) is 2.85. The molecule has 0 spiro atoms. The molecular formula is C14H16F2N2O. The SMILES string of the molecule is CCC1OCCC1CNc1ccc(C#N)c(F)c1F. The molecule has 3 nitrogen and oxygen atoms in total. The molecule has 1 fully saturated rings. The van der Waals surface area contributed by atoms with Gasteiger partial charge in [-0.2, -0.15) is 5.26 Å². The molecule has 2 unspecified atom stereocenters. The van der Waals surface area contributed by atoms with Gasteiger partial charge in [0.1, 0.15) is 6.07 Å². The van der Waals surface area contributed by atoms with Crippen LogP contribution in [0.5, 0.6) is 0 Å². The van der Waals surface area contributed by atoms with Crippen LogP contribution in [0.1, 0.15) is 25.3 Å². The molecule has 1 N–H and O–H groups in total. The fraction of sp³-hybridized carbons (Fsp3) is 0.500. The zero-order valence-electron chi connectivity index (χ0n) is 10.7. The Morgan fingerprint density at radius 3 is 2.89 bits per heavy atom. The molecule has 1 aromatic rings. The van der Waals surface area contributed by atoms with Crippen LogP contribution in [-0.4, -0.2) is 19.3 Å². The molecule has 1 aromatic carbocycles. The smallest absolute Gasteiger partial charge is 0.183 e. The second-order valence-electron chi connectivity index (χ2n) is 4.65. The minimum Gasteiger partial charge on any atom is -0.382 e. The Bertz CT molecular complexity index is 499. The Morgan fingerprint density at radius 2 is 2.21 bits per heavy atom. The average molecular weight is 266 g/mol. The van der Waals surface area contributed by atoms with E-state index in [9.17, 15) is 8.78 Å². The molecular weight excluding hydrogens is 250 g/mol. The Hall–Kier alpha value is -1.67. The number of nitrogens with zero attached hydrogens (tertiary/aromatic N) is 1. The first kappa shape index (κ1) is 13.8. The van der Waals surface area contributed by atoms with Crippen molar-refractivity contribution in [3.05, 3.63) is 29.3 Å². The molecule has 0 radical (unpaired) electrons. The third-order valence-electron chi connectivity index (χ3n) is 3.51. The largest absolute Gasteiger partial charge is 0.382 e. The highest BCUT2D eigenvalue weighted by atomic mass is 19.2. The van der Waals surface area contributed by atoms with Crippen LogP contribution in [-0.2, 0) is 4.74 Å². The van der Waals surface area contributed by atoms with Crippen LogP contribution >= 0.6 is 0 Å². The summed E-state index contributed by atoms with van der Waals surface area (Å²) >= 11 is 0. The van der Waals surface area contributed by atoms with Gasteiger partial charge in [-0.15, -0.1) is 0 Å². The lowest BCUT2D eigenvalue weighted by atomic mass is 9.99. The lowest BCUT2D eigenvalue weighted by molar-refractivity contribution is 0.0900. The van der Waals surface area contributed by atoms with Crippen LogP contribution in [0.15, 0.2) is 12.1 Å². The van der Waals surface area contributed by atoms with Gasteiger partial charge in [0, 0.05) is 19.1 Å². The van der Waals surface area contributed by atoms with E-state index in [1.54, 1.807) is 6.07 Å². The molecule has 0 bridgehead atoms. The molecule has 102 valence electrons. The Morgan fingerprint density at radius 1 is 1.42 bits per heavy atom. The maximum Gasteiger partial charge on any atom is 0.183 e. The second-order valence-corrected chi connectivity index (χ2v) is 4.65. The summed E-state index contributed by atoms with van der Waals surface area (Å²) in [4.78, 5) is 0. The number of nitriles is 1. The van der Waals surface area contributed by atoms with Gasteiger partial charge in [0.2, 0.25) is 0 Å². The van der Waals surface area contributed by atoms with Gasteiger partial charge >= 0.3 is 0 Å². The van der Waals surface area contributed by atoms with Crippen molar-refractivity contribution in [1.82, 2.24) is 0 Å². The van der Waals surface area contributed by atoms with Gasteiger partial charge in [0.05, 0.1) is 17.4 Å². The van der Waals surface area contributed by atoms with Crippen LogP contribution < -0.4 is 5.32 Å². The van der Waals surface area contributed by atoms with Gasteiger partial charge in [0.25, 0.3) is 0 Å². The molecule has 1 heterocycles. The number of halogens is 2. The van der Waals surface area contributed by atoms with Crippen LogP contribution in [0.3, 0.4) is 0 Å². The molecule has 0 amide bonds. The molecule has 1 saturated heterocycles. The lowest BCUT2D eigenvalue weighted by Gasteiger charge is -2.18. The quantitative estimate of drug-likeness (QED) is 0.911. The van der Waals surface area contributed by atoms with Crippen LogP contribution in [0, 0.1) is 28.9 Å². The molecule has 0 aromatic heterocycles. The van der Waals surface area contributed by atoms with E-state index in [1.165, 1.54) is 12.1 Å². The summed E-state index contributed by atoms with van der Waals surface area (Å²) in [6.45, 7) is 3.31. The predicted octanol–water partition coefficient (Wildman–Crippen LogP) is 3.06. The molecule has 19 heavy (non-hydrogen) atoms. The van der Waals surface area contributed by atoms with Crippen molar-refractivity contribution in [2.24, 2.45) is 5.92 Å². The highest BCUT2D eigenvalue weighted by molar-refractivity contribution is 5.49. The van der Waals surface area contributed by atoms with Crippen molar-refractivity contribution in [1.29, 1.82) is 5.26 Å². The minimum atomic E-state index is -1.10. The van der Waals surface area contributed by atoms with Crippen molar-refractivity contribution in [2.45, 2.75) is 25.9 Å². The summed E-state index contributed by atoms with van der Waals surface area (Å²) < 4.78 is 32.7. The number of ether oxygens (including phenoxy) is 1. The summed E-state index contributed by atoms with van der Waals surface area (Å²) in [5.74, 6) is -1.78. The van der Waals surface area contributed by atoms with E-state index in [-0.39, 0.29) is 17.4 Å². The standard InChI is InChI=1S/C14H16F2N2O/c1-2-12-10(5-6-19-12)8-18-11-4-3-9(7-17)13(15)14(11)16/h3-4,10,12,18H,2,5-6,8H2,1H3. The Balaban J connectivity index is 2.04. The first-order valence-corrected chi connectivity index (χ1v) is 6.41. The van der Waals surface area contributed by atoms with Crippen molar-refractivity contribution in [3.8, 4) is 6.07 Å². The zero-order chi connectivity index (χ0) is 13.8. The Kier molecular flexibility index (Phi) is 4.33. The summed E-state index contributed by atoms with van der Waals surface area (Å²) in [6, 6.07) is 4.29. The van der Waals surface area contributed by atoms with Gasteiger partial charge in [0.15, 0.2) is 11.6 Å². The maximum absolute atomic E-state index is 13.7. The number of rotatable bonds is 4. The lowest BCUT2D eigenvalue weighted by Crippen LogP contribution is -2.23. The minimum absolute atomic E-state index is 0.0956. The predicted molar refractivity (Wildman–Crippen MR) is 67.7 cm³/mol. The fourth-order valence-electron chi connectivity index (χ4n) is 2.39. The van der Waals surface area contributed by atoms with E-state index >= 15 is 0 Å². The monoisotopic (exact) mass is 266 g/mol. The van der Waals surface area contributed by atoms with Crippen molar-refractivity contribution in [3.63, 3.8) is 0 Å². The van der Waals surface area contributed by atoms with Crippen molar-refractivity contribution in [2.75, 3.05) is 18.5 Å². The molecule has 0 aliphatic carbocycles. The maximum atomic E-state index is 13.7. The number of anilines is 1. The van der Waals surface area contributed by atoms with Crippen LogP contribution in [0.2, 0.25) is 0 Å². The molecule has 1 aliphatic rings. The van der Waals surface area contributed by atoms with Crippen molar-refractivity contribution < 1.29 is 13.5 Å². The van der Waals surface area contributed by atoms with Crippen LogP contribution in [0.4, 0.5) is 14.5 Å². The molecule has 5 heteroatoms. The molecule has 1 aliphatic heterocycles. The van der Waals surface area contributed by atoms with E-state index in [0.29, 0.717) is 12.5 Å². The van der Waals surface area contributed by atoms with Gasteiger partial charge in [-0.05, 0) is 25.0 Å². The van der Waals surface area contributed by atoms with Gasteiger partial charge in [-0.25, -0.2) is 8.78 Å². The number of nitrogens with one attached hydrogen (secondary N) is 1. The van der Waals surface area contributed by atoms with E-state index < -0.39 is 11.6 Å². The number of hydrogen-bond acceptors (Lipinski definition) is 3. The molecule has 2 rings (SSSR count). The number of hydrogen-bond donors (Lipinski definition) is 1. The third-order valence-corrected chi connectivity index (χ3v) is 3.51. The summed E-state index contributed by atoms with van der Waals surface area (Å²) in [6.07, 6.45) is 2.02.